The van der Waals surface area contributed by atoms with Gasteiger partial charge in [0.2, 0.25) is 5.91 Å². The number of carbonyl (C=O) groups excluding carboxylic acids is 1. The number of rotatable bonds is 7. The first-order valence-corrected chi connectivity index (χ1v) is 5.74. The molecule has 16 heavy (non-hydrogen) atoms. The van der Waals surface area contributed by atoms with Gasteiger partial charge in [-0.3, -0.25) is 9.69 Å². The molecule has 0 aromatic heterocycles. The van der Waals surface area contributed by atoms with Crippen LogP contribution in [0.3, 0.4) is 0 Å². The van der Waals surface area contributed by atoms with E-state index in [4.69, 9.17) is 0 Å². The quantitative estimate of drug-likeness (QED) is 0.509. The molecule has 4 nitrogen and oxygen atoms in total. The second-order valence-electron chi connectivity index (χ2n) is 3.72. The van der Waals surface area contributed by atoms with E-state index in [-0.39, 0.29) is 11.9 Å². The molecule has 0 aliphatic heterocycles. The lowest BCUT2D eigenvalue weighted by molar-refractivity contribution is -0.121. The van der Waals surface area contributed by atoms with Crippen molar-refractivity contribution in [3.05, 3.63) is 13.2 Å². The van der Waals surface area contributed by atoms with Crippen LogP contribution in [-0.4, -0.2) is 44.2 Å². The molecule has 0 bridgehead atoms. The lowest BCUT2D eigenvalue weighted by Crippen LogP contribution is -2.43. The fraction of sp³-hybridized carbons (Fsp3) is 0.750. The summed E-state index contributed by atoms with van der Waals surface area (Å²) in [5.41, 5.74) is 0. The molecule has 0 saturated heterocycles. The SMILES string of the molecule is C=C.CCC(=O)NC(CC)CNCN(C)C. The van der Waals surface area contributed by atoms with Gasteiger partial charge in [-0.25, -0.2) is 0 Å². The Morgan fingerprint density at radius 2 is 1.88 bits per heavy atom. The molecule has 0 spiro atoms. The van der Waals surface area contributed by atoms with Crippen LogP contribution in [0.25, 0.3) is 0 Å². The van der Waals surface area contributed by atoms with Crippen LogP contribution in [0.2, 0.25) is 0 Å². The molecule has 0 aromatic carbocycles. The lowest BCUT2D eigenvalue weighted by atomic mass is 10.2. The Balaban J connectivity index is 0. The standard InChI is InChI=1S/C10H23N3O.C2H4/c1-5-9(12-10(14)6-2)7-11-8-13(3)4;1-2/h9,11H,5-8H2,1-4H3,(H,12,14);1-2H2. The summed E-state index contributed by atoms with van der Waals surface area (Å²) in [5.74, 6) is 0.128. The minimum Gasteiger partial charge on any atom is -0.352 e. The number of hydrogen-bond donors (Lipinski definition) is 2. The van der Waals surface area contributed by atoms with Crippen LogP contribution < -0.4 is 10.6 Å². The Morgan fingerprint density at radius 3 is 2.25 bits per heavy atom. The molecule has 1 atom stereocenters. The molecule has 0 fully saturated rings. The van der Waals surface area contributed by atoms with Gasteiger partial charge in [0.05, 0.1) is 0 Å². The highest BCUT2D eigenvalue weighted by molar-refractivity contribution is 5.75. The third kappa shape index (κ3) is 11.2. The maximum atomic E-state index is 11.1. The average Bonchev–Trinajstić information content (AvgIpc) is 2.29. The van der Waals surface area contributed by atoms with Crippen molar-refractivity contribution in [3.8, 4) is 0 Å². The third-order valence-electron chi connectivity index (χ3n) is 2.00. The maximum absolute atomic E-state index is 11.1. The van der Waals surface area contributed by atoms with Gasteiger partial charge in [0.15, 0.2) is 0 Å². The van der Waals surface area contributed by atoms with Crippen molar-refractivity contribution in [2.45, 2.75) is 32.7 Å². The Morgan fingerprint density at radius 1 is 1.31 bits per heavy atom. The summed E-state index contributed by atoms with van der Waals surface area (Å²) in [4.78, 5) is 13.2. The Bertz CT molecular complexity index is 172. The smallest absolute Gasteiger partial charge is 0.219 e. The van der Waals surface area contributed by atoms with Crippen molar-refractivity contribution in [1.29, 1.82) is 0 Å². The molecule has 0 rings (SSSR count). The van der Waals surface area contributed by atoms with Crippen LogP contribution in [0.15, 0.2) is 13.2 Å². The Hall–Kier alpha value is -0.870. The second-order valence-corrected chi connectivity index (χ2v) is 3.72. The first-order valence-electron chi connectivity index (χ1n) is 5.74. The number of amides is 1. The highest BCUT2D eigenvalue weighted by atomic mass is 16.1. The van der Waals surface area contributed by atoms with Crippen molar-refractivity contribution < 1.29 is 4.79 Å². The van der Waals surface area contributed by atoms with Crippen LogP contribution in [0.1, 0.15) is 26.7 Å². The number of hydrogen-bond acceptors (Lipinski definition) is 3. The lowest BCUT2D eigenvalue weighted by Gasteiger charge is -2.19. The summed E-state index contributed by atoms with van der Waals surface area (Å²) in [6.45, 7) is 11.6. The van der Waals surface area contributed by atoms with Crippen LogP contribution in [0.5, 0.6) is 0 Å². The predicted octanol–water partition coefficient (Wildman–Crippen LogP) is 1.20. The summed E-state index contributed by atoms with van der Waals surface area (Å²) >= 11 is 0. The summed E-state index contributed by atoms with van der Waals surface area (Å²) < 4.78 is 0. The molecular weight excluding hydrogens is 202 g/mol. The highest BCUT2D eigenvalue weighted by Crippen LogP contribution is 1.90. The zero-order valence-electron chi connectivity index (χ0n) is 11.2. The highest BCUT2D eigenvalue weighted by Gasteiger charge is 2.07. The van der Waals surface area contributed by atoms with Crippen molar-refractivity contribution >= 4 is 5.91 Å². The Labute approximate surface area is 100 Å². The zero-order chi connectivity index (χ0) is 13.0. The van der Waals surface area contributed by atoms with Gasteiger partial charge in [0.1, 0.15) is 0 Å². The first-order chi connectivity index (χ1) is 7.60. The van der Waals surface area contributed by atoms with Gasteiger partial charge in [-0.1, -0.05) is 13.8 Å². The fourth-order valence-electron chi connectivity index (χ4n) is 1.09. The minimum absolute atomic E-state index is 0.128. The molecule has 0 aliphatic rings. The Kier molecular flexibility index (Phi) is 13.4. The van der Waals surface area contributed by atoms with Crippen molar-refractivity contribution in [2.75, 3.05) is 27.3 Å². The van der Waals surface area contributed by atoms with Gasteiger partial charge in [-0.2, -0.15) is 0 Å². The molecule has 0 aliphatic carbocycles. The van der Waals surface area contributed by atoms with E-state index in [9.17, 15) is 4.79 Å². The summed E-state index contributed by atoms with van der Waals surface area (Å²) in [7, 11) is 4.02. The molecule has 0 radical (unpaired) electrons. The van der Waals surface area contributed by atoms with Gasteiger partial charge in [-0.05, 0) is 20.5 Å². The van der Waals surface area contributed by atoms with Gasteiger partial charge in [0, 0.05) is 25.7 Å². The molecule has 0 aromatic rings. The van der Waals surface area contributed by atoms with E-state index < -0.39 is 0 Å². The summed E-state index contributed by atoms with van der Waals surface area (Å²) in [6.07, 6.45) is 1.52. The van der Waals surface area contributed by atoms with E-state index >= 15 is 0 Å². The normalized spacial score (nSPS) is 11.6. The molecule has 1 amide bonds. The van der Waals surface area contributed by atoms with Crippen molar-refractivity contribution in [1.82, 2.24) is 15.5 Å². The molecule has 0 saturated carbocycles. The van der Waals surface area contributed by atoms with E-state index in [1.165, 1.54) is 0 Å². The number of nitrogens with one attached hydrogen (secondary N) is 2. The van der Waals surface area contributed by atoms with Crippen molar-refractivity contribution in [2.24, 2.45) is 0 Å². The zero-order valence-corrected chi connectivity index (χ0v) is 11.2. The monoisotopic (exact) mass is 229 g/mol. The molecule has 96 valence electrons. The van der Waals surface area contributed by atoms with Gasteiger partial charge >= 0.3 is 0 Å². The number of carbonyl (C=O) groups is 1. The average molecular weight is 229 g/mol. The third-order valence-corrected chi connectivity index (χ3v) is 2.00. The van der Waals surface area contributed by atoms with E-state index in [1.807, 2.05) is 21.0 Å². The summed E-state index contributed by atoms with van der Waals surface area (Å²) in [6, 6.07) is 0.252. The van der Waals surface area contributed by atoms with E-state index in [0.717, 1.165) is 19.6 Å². The van der Waals surface area contributed by atoms with E-state index in [0.29, 0.717) is 6.42 Å². The largest absolute Gasteiger partial charge is 0.352 e. The van der Waals surface area contributed by atoms with Crippen LogP contribution >= 0.6 is 0 Å². The number of nitrogens with zero attached hydrogens (tertiary/aromatic N) is 1. The molecule has 2 N–H and O–H groups in total. The molecular formula is C12H27N3O. The molecule has 1 unspecified atom stereocenters. The van der Waals surface area contributed by atoms with Crippen molar-refractivity contribution in [3.63, 3.8) is 0 Å². The van der Waals surface area contributed by atoms with Gasteiger partial charge in [0.25, 0.3) is 0 Å². The van der Waals surface area contributed by atoms with Crippen LogP contribution in [0.4, 0.5) is 0 Å². The van der Waals surface area contributed by atoms with Crippen LogP contribution in [0, 0.1) is 0 Å². The molecule has 0 heterocycles. The fourth-order valence-corrected chi connectivity index (χ4v) is 1.09. The van der Waals surface area contributed by atoms with E-state index in [1.54, 1.807) is 0 Å². The second kappa shape index (κ2) is 12.2. The minimum atomic E-state index is 0.128. The van der Waals surface area contributed by atoms with Gasteiger partial charge < -0.3 is 10.6 Å². The maximum Gasteiger partial charge on any atom is 0.219 e. The van der Waals surface area contributed by atoms with E-state index in [2.05, 4.69) is 35.6 Å². The topological polar surface area (TPSA) is 44.4 Å². The summed E-state index contributed by atoms with van der Waals surface area (Å²) in [5, 5.41) is 6.25. The predicted molar refractivity (Wildman–Crippen MR) is 70.3 cm³/mol. The molecule has 4 heteroatoms. The van der Waals surface area contributed by atoms with Gasteiger partial charge in [-0.15, -0.1) is 13.2 Å². The van der Waals surface area contributed by atoms with Crippen LogP contribution in [-0.2, 0) is 4.79 Å². The first kappa shape index (κ1) is 17.5.